The van der Waals surface area contributed by atoms with Gasteiger partial charge < -0.3 is 25.4 Å². The van der Waals surface area contributed by atoms with Crippen molar-refractivity contribution in [2.24, 2.45) is 52.8 Å². The predicted molar refractivity (Wildman–Crippen MR) is 152 cm³/mol. The number of allylic oxidation sites excluding steroid dienone is 5. The first-order valence-corrected chi connectivity index (χ1v) is 15.2. The van der Waals surface area contributed by atoms with Crippen LogP contribution in [0, 0.1) is 52.8 Å². The first kappa shape index (κ1) is 26.3. The number of amides is 1. The lowest BCUT2D eigenvalue weighted by Crippen LogP contribution is -2.50. The van der Waals surface area contributed by atoms with Crippen molar-refractivity contribution in [3.05, 3.63) is 64.0 Å². The van der Waals surface area contributed by atoms with Crippen LogP contribution < -0.4 is 10.1 Å². The van der Waals surface area contributed by atoms with Crippen molar-refractivity contribution in [1.82, 2.24) is 5.32 Å². The van der Waals surface area contributed by atoms with Gasteiger partial charge in [-0.25, -0.2) is 0 Å². The largest absolute Gasteiger partial charge is 0.511 e. The van der Waals surface area contributed by atoms with Crippen LogP contribution in [0.4, 0.5) is 0 Å². The van der Waals surface area contributed by atoms with Crippen LogP contribution in [0.1, 0.15) is 59.9 Å². The molecule has 0 radical (unpaired) electrons. The number of aliphatic hydroxyl groups is 3. The number of fused-ring (bicyclic) bond motifs is 5. The fourth-order valence-corrected chi connectivity index (χ4v) is 10.6. The van der Waals surface area contributed by atoms with E-state index in [1.54, 1.807) is 0 Å². The van der Waals surface area contributed by atoms with Gasteiger partial charge in [-0.15, -0.1) is 0 Å². The molecule has 1 aromatic carbocycles. The Morgan fingerprint density at radius 1 is 1.05 bits per heavy atom. The fraction of sp³-hybridized carbons (Fsp3) is 0.618. The third-order valence-corrected chi connectivity index (χ3v) is 12.0. The average Bonchev–Trinajstić information content (AvgIpc) is 3.39. The van der Waals surface area contributed by atoms with Gasteiger partial charge in [0.25, 0.3) is 5.91 Å². The van der Waals surface area contributed by atoms with Crippen molar-refractivity contribution in [3.8, 4) is 5.75 Å². The van der Waals surface area contributed by atoms with Gasteiger partial charge in [-0.3, -0.25) is 4.79 Å². The summed E-state index contributed by atoms with van der Waals surface area (Å²) in [4.78, 5) is 13.5. The smallest absolute Gasteiger partial charge is 0.255 e. The summed E-state index contributed by atoms with van der Waals surface area (Å²) in [5, 5.41) is 38.0. The number of carbonyl (C=O) groups excluding carboxylic acids is 1. The molecular weight excluding hydrogens is 502 g/mol. The van der Waals surface area contributed by atoms with Gasteiger partial charge in [-0.05, 0) is 74.0 Å². The summed E-state index contributed by atoms with van der Waals surface area (Å²) in [5.74, 6) is 1.76. The maximum absolute atomic E-state index is 13.5. The Labute approximate surface area is 237 Å². The van der Waals surface area contributed by atoms with Gasteiger partial charge in [0.1, 0.15) is 23.7 Å². The molecule has 1 saturated heterocycles. The minimum atomic E-state index is -1.90. The van der Waals surface area contributed by atoms with Gasteiger partial charge in [-0.1, -0.05) is 62.6 Å². The normalized spacial score (nSPS) is 49.2. The van der Waals surface area contributed by atoms with E-state index in [9.17, 15) is 20.1 Å². The van der Waals surface area contributed by atoms with E-state index in [1.807, 2.05) is 24.3 Å². The molecule has 3 fully saturated rings. The molecule has 12 atom stereocenters. The fourth-order valence-electron chi connectivity index (χ4n) is 10.6. The van der Waals surface area contributed by atoms with E-state index in [0.717, 1.165) is 24.2 Å². The SMILES string of the molecule is CC1=C[C@]2(C)C(=C(C)[C@@H]3[C@@H]4C[C@H](C)C[C@H](C)[C@H]4[C@H]4Oc5ccc(cc5)C[C@@]5(O)NC(=O)/C(=C(/O)[C@H]2[C@@H]43)[C@@H]5O)[C@@H]1C. The highest BCUT2D eigenvalue weighted by Gasteiger charge is 2.66. The second-order valence-corrected chi connectivity index (χ2v) is 14.3. The van der Waals surface area contributed by atoms with Crippen LogP contribution >= 0.6 is 0 Å². The number of carbonyl (C=O) groups is 1. The molecule has 0 spiro atoms. The van der Waals surface area contributed by atoms with Crippen molar-refractivity contribution in [1.29, 1.82) is 0 Å². The number of ether oxygens (including phenoxy) is 1. The lowest BCUT2D eigenvalue weighted by Gasteiger charge is -2.49. The molecule has 2 saturated carbocycles. The molecular formula is C34H43NO5. The average molecular weight is 546 g/mol. The lowest BCUT2D eigenvalue weighted by molar-refractivity contribution is -0.121. The molecule has 4 aliphatic carbocycles. The highest BCUT2D eigenvalue weighted by molar-refractivity contribution is 5.98. The van der Waals surface area contributed by atoms with Gasteiger partial charge in [0, 0.05) is 29.6 Å². The molecule has 8 rings (SSSR count). The van der Waals surface area contributed by atoms with E-state index in [1.165, 1.54) is 16.7 Å². The Balaban J connectivity index is 1.53. The van der Waals surface area contributed by atoms with Crippen LogP contribution in [-0.4, -0.2) is 39.2 Å². The van der Waals surface area contributed by atoms with Gasteiger partial charge >= 0.3 is 0 Å². The van der Waals surface area contributed by atoms with Crippen molar-refractivity contribution < 1.29 is 24.9 Å². The van der Waals surface area contributed by atoms with Crippen LogP contribution in [0.25, 0.3) is 0 Å². The Hall–Kier alpha value is -2.57. The molecule has 40 heavy (non-hydrogen) atoms. The van der Waals surface area contributed by atoms with Crippen LogP contribution in [0.15, 0.2) is 58.4 Å². The minimum absolute atomic E-state index is 0.0221. The summed E-state index contributed by atoms with van der Waals surface area (Å²) in [6.45, 7) is 13.6. The monoisotopic (exact) mass is 545 g/mol. The van der Waals surface area contributed by atoms with Crippen LogP contribution in [0.5, 0.6) is 5.75 Å². The Morgan fingerprint density at radius 3 is 2.45 bits per heavy atom. The highest BCUT2D eigenvalue weighted by Crippen LogP contribution is 2.68. The number of hydrogen-bond donors (Lipinski definition) is 4. The van der Waals surface area contributed by atoms with E-state index in [-0.39, 0.29) is 41.6 Å². The molecule has 3 heterocycles. The Kier molecular flexibility index (Phi) is 5.58. The van der Waals surface area contributed by atoms with E-state index < -0.39 is 29.1 Å². The molecule has 3 aliphatic heterocycles. The van der Waals surface area contributed by atoms with Crippen molar-refractivity contribution in [2.45, 2.75) is 78.7 Å². The summed E-state index contributed by atoms with van der Waals surface area (Å²) in [7, 11) is 0. The molecule has 6 heteroatoms. The maximum atomic E-state index is 13.5. The zero-order valence-electron chi connectivity index (χ0n) is 24.4. The summed E-state index contributed by atoms with van der Waals surface area (Å²) in [6.07, 6.45) is 2.86. The molecule has 7 aliphatic rings. The zero-order chi connectivity index (χ0) is 28.5. The van der Waals surface area contributed by atoms with Crippen LogP contribution in [-0.2, 0) is 11.2 Å². The predicted octanol–water partition coefficient (Wildman–Crippen LogP) is 5.07. The molecule has 6 nitrogen and oxygen atoms in total. The zero-order valence-corrected chi connectivity index (χ0v) is 24.4. The summed E-state index contributed by atoms with van der Waals surface area (Å²) in [5.41, 5.74) is 2.25. The maximum Gasteiger partial charge on any atom is 0.255 e. The highest BCUT2D eigenvalue weighted by atomic mass is 16.5. The number of rotatable bonds is 0. The van der Waals surface area contributed by atoms with Gasteiger partial charge in [0.15, 0.2) is 5.72 Å². The van der Waals surface area contributed by atoms with Gasteiger partial charge in [0.05, 0.1) is 5.57 Å². The second kappa shape index (κ2) is 8.48. The standard InChI is InChI=1S/C34H43NO5/c1-15-11-16(2)23-22(12-15)24-19(5)27-18(4)17(3)13-33(27,6)28-25(24)30(23)40-21-9-7-20(8-10-21)14-34(39)31(37)26(29(28)36)32(38)35-34/h7-10,13,15-16,18,22-25,28,30-31,36-37,39H,11-12,14H2,1-6H3,(H,35,38)/b29-26+/t15-,16+,18-,22-,23-,24-,25+,28-,30-,31+,33-,34+/m1/s1. The summed E-state index contributed by atoms with van der Waals surface area (Å²) >= 11 is 0. The molecule has 4 bridgehead atoms. The van der Waals surface area contributed by atoms with Gasteiger partial charge in [-0.2, -0.15) is 0 Å². The number of benzene rings is 1. The first-order chi connectivity index (χ1) is 18.9. The van der Waals surface area contributed by atoms with Crippen molar-refractivity contribution >= 4 is 5.91 Å². The van der Waals surface area contributed by atoms with E-state index >= 15 is 0 Å². The van der Waals surface area contributed by atoms with E-state index in [2.05, 4.69) is 52.9 Å². The number of aliphatic hydroxyl groups excluding tert-OH is 2. The van der Waals surface area contributed by atoms with Gasteiger partial charge in [0.2, 0.25) is 0 Å². The topological polar surface area (TPSA) is 99.0 Å². The molecule has 1 aromatic rings. The van der Waals surface area contributed by atoms with Crippen LogP contribution in [0.3, 0.4) is 0 Å². The first-order valence-electron chi connectivity index (χ1n) is 15.2. The Morgan fingerprint density at radius 2 is 1.75 bits per heavy atom. The molecule has 0 aromatic heterocycles. The van der Waals surface area contributed by atoms with Crippen molar-refractivity contribution in [2.75, 3.05) is 0 Å². The van der Waals surface area contributed by atoms with E-state index in [0.29, 0.717) is 23.7 Å². The summed E-state index contributed by atoms with van der Waals surface area (Å²) in [6, 6.07) is 7.69. The van der Waals surface area contributed by atoms with Crippen LogP contribution in [0.2, 0.25) is 0 Å². The quantitative estimate of drug-likeness (QED) is 0.341. The molecule has 0 unspecified atom stereocenters. The number of nitrogens with one attached hydrogen (secondary N) is 1. The third kappa shape index (κ3) is 3.32. The summed E-state index contributed by atoms with van der Waals surface area (Å²) < 4.78 is 7.02. The third-order valence-electron chi connectivity index (χ3n) is 12.0. The Bertz CT molecular complexity index is 1370. The molecule has 4 N–H and O–H groups in total. The van der Waals surface area contributed by atoms with E-state index in [4.69, 9.17) is 4.74 Å². The second-order valence-electron chi connectivity index (χ2n) is 14.3. The molecule has 1 amide bonds. The lowest BCUT2D eigenvalue weighted by atomic mass is 9.55. The minimum Gasteiger partial charge on any atom is -0.511 e. The molecule has 214 valence electrons. The van der Waals surface area contributed by atoms with Crippen molar-refractivity contribution in [3.63, 3.8) is 0 Å². The number of hydrogen-bond acceptors (Lipinski definition) is 5.